The minimum Gasteiger partial charge on any atom is -0.378 e. The van der Waals surface area contributed by atoms with Crippen LogP contribution in [0.5, 0.6) is 0 Å². The average molecular weight is 301 g/mol. The third-order valence-electron chi connectivity index (χ3n) is 3.84. The van der Waals surface area contributed by atoms with Crippen molar-refractivity contribution in [1.82, 2.24) is 9.97 Å². The Hall–Kier alpha value is -2.34. The predicted molar refractivity (Wildman–Crippen MR) is 78.7 cm³/mol. The summed E-state index contributed by atoms with van der Waals surface area (Å²) in [6.07, 6.45) is 2.89. The van der Waals surface area contributed by atoms with Crippen LogP contribution in [-0.4, -0.2) is 23.0 Å². The molecule has 6 heteroatoms. The number of ether oxygens (including phenoxy) is 1. The standard InChI is InChI=1S/C16H16FN3O2/c1-22-9-13-8-14(19-10-18-13)20-15(21)16(6-7-16)11-2-4-12(17)5-3-11/h2-5,8,10H,6-7,9H2,1H3,(H,18,19,20,21). The lowest BCUT2D eigenvalue weighted by molar-refractivity contribution is -0.118. The fourth-order valence-electron chi connectivity index (χ4n) is 2.47. The lowest BCUT2D eigenvalue weighted by Crippen LogP contribution is -2.28. The van der Waals surface area contributed by atoms with Crippen LogP contribution < -0.4 is 5.32 Å². The summed E-state index contributed by atoms with van der Waals surface area (Å²) in [4.78, 5) is 20.7. The summed E-state index contributed by atoms with van der Waals surface area (Å²) in [6.45, 7) is 0.356. The Morgan fingerprint density at radius 3 is 2.68 bits per heavy atom. The molecule has 0 saturated heterocycles. The fourth-order valence-corrected chi connectivity index (χ4v) is 2.47. The molecule has 2 aromatic rings. The molecule has 1 aliphatic rings. The first-order chi connectivity index (χ1) is 10.6. The Balaban J connectivity index is 1.77. The topological polar surface area (TPSA) is 64.1 Å². The quantitative estimate of drug-likeness (QED) is 0.921. The number of benzene rings is 1. The zero-order chi connectivity index (χ0) is 15.6. The summed E-state index contributed by atoms with van der Waals surface area (Å²) >= 11 is 0. The maximum Gasteiger partial charge on any atom is 0.236 e. The van der Waals surface area contributed by atoms with Crippen LogP contribution in [0.3, 0.4) is 0 Å². The summed E-state index contributed by atoms with van der Waals surface area (Å²) in [5, 5.41) is 2.82. The Morgan fingerprint density at radius 1 is 1.32 bits per heavy atom. The van der Waals surface area contributed by atoms with E-state index in [1.54, 1.807) is 25.3 Å². The number of hydrogen-bond donors (Lipinski definition) is 1. The van der Waals surface area contributed by atoms with Crippen molar-refractivity contribution in [2.24, 2.45) is 0 Å². The lowest BCUT2D eigenvalue weighted by Gasteiger charge is -2.15. The van der Waals surface area contributed by atoms with Crippen molar-refractivity contribution < 1.29 is 13.9 Å². The van der Waals surface area contributed by atoms with E-state index in [4.69, 9.17) is 4.74 Å². The maximum atomic E-state index is 13.0. The summed E-state index contributed by atoms with van der Waals surface area (Å²) in [5.41, 5.74) is 0.956. The van der Waals surface area contributed by atoms with Gasteiger partial charge in [0.1, 0.15) is 18.0 Å². The van der Waals surface area contributed by atoms with Crippen LogP contribution in [0.25, 0.3) is 0 Å². The molecule has 22 heavy (non-hydrogen) atoms. The normalized spacial score (nSPS) is 15.4. The molecule has 0 radical (unpaired) electrons. The molecule has 0 unspecified atom stereocenters. The van der Waals surface area contributed by atoms with Gasteiger partial charge in [0.15, 0.2) is 0 Å². The van der Waals surface area contributed by atoms with E-state index in [2.05, 4.69) is 15.3 Å². The number of methoxy groups -OCH3 is 1. The van der Waals surface area contributed by atoms with Crippen LogP contribution >= 0.6 is 0 Å². The second-order valence-corrected chi connectivity index (χ2v) is 5.37. The van der Waals surface area contributed by atoms with Crippen LogP contribution in [0.2, 0.25) is 0 Å². The third kappa shape index (κ3) is 2.82. The van der Waals surface area contributed by atoms with E-state index in [0.29, 0.717) is 18.1 Å². The molecule has 1 fully saturated rings. The number of anilines is 1. The molecule has 0 atom stereocenters. The molecule has 0 spiro atoms. The summed E-state index contributed by atoms with van der Waals surface area (Å²) in [6, 6.07) is 7.77. The second-order valence-electron chi connectivity index (χ2n) is 5.37. The van der Waals surface area contributed by atoms with Crippen molar-refractivity contribution in [3.05, 3.63) is 53.7 Å². The van der Waals surface area contributed by atoms with E-state index in [-0.39, 0.29) is 11.7 Å². The largest absolute Gasteiger partial charge is 0.378 e. The molecular weight excluding hydrogens is 285 g/mol. The van der Waals surface area contributed by atoms with Gasteiger partial charge in [0.05, 0.1) is 17.7 Å². The van der Waals surface area contributed by atoms with Gasteiger partial charge in [0, 0.05) is 13.2 Å². The molecule has 1 aromatic carbocycles. The number of aromatic nitrogens is 2. The SMILES string of the molecule is COCc1cc(NC(=O)C2(c3ccc(F)cc3)CC2)ncn1. The number of nitrogens with zero attached hydrogens (tertiary/aromatic N) is 2. The Bertz CT molecular complexity index is 684. The Labute approximate surface area is 127 Å². The summed E-state index contributed by atoms with van der Waals surface area (Å²) in [7, 11) is 1.58. The van der Waals surface area contributed by atoms with E-state index in [0.717, 1.165) is 18.4 Å². The van der Waals surface area contributed by atoms with Crippen molar-refractivity contribution in [3.8, 4) is 0 Å². The first-order valence-electron chi connectivity index (χ1n) is 7.01. The number of carbonyl (C=O) groups is 1. The molecule has 1 saturated carbocycles. The lowest BCUT2D eigenvalue weighted by atomic mass is 9.95. The minimum absolute atomic E-state index is 0.124. The van der Waals surface area contributed by atoms with Crippen LogP contribution in [0, 0.1) is 5.82 Å². The molecule has 1 amide bonds. The average Bonchev–Trinajstić information content (AvgIpc) is 3.30. The monoisotopic (exact) mass is 301 g/mol. The number of carbonyl (C=O) groups excluding carboxylic acids is 1. The van der Waals surface area contributed by atoms with Gasteiger partial charge in [-0.05, 0) is 30.5 Å². The van der Waals surface area contributed by atoms with Gasteiger partial charge in [-0.2, -0.15) is 0 Å². The van der Waals surface area contributed by atoms with Crippen LogP contribution in [0.4, 0.5) is 10.2 Å². The Kier molecular flexibility index (Phi) is 3.85. The number of hydrogen-bond acceptors (Lipinski definition) is 4. The van der Waals surface area contributed by atoms with E-state index < -0.39 is 5.41 Å². The molecule has 1 aliphatic carbocycles. The van der Waals surface area contributed by atoms with Gasteiger partial charge in [-0.1, -0.05) is 12.1 Å². The van der Waals surface area contributed by atoms with Crippen LogP contribution in [0.1, 0.15) is 24.1 Å². The van der Waals surface area contributed by atoms with Crippen molar-refractivity contribution in [2.75, 3.05) is 12.4 Å². The van der Waals surface area contributed by atoms with Gasteiger partial charge < -0.3 is 10.1 Å². The van der Waals surface area contributed by atoms with Crippen LogP contribution in [-0.2, 0) is 21.6 Å². The molecule has 114 valence electrons. The number of halogens is 1. The fraction of sp³-hybridized carbons (Fsp3) is 0.312. The first-order valence-corrected chi connectivity index (χ1v) is 7.01. The number of nitrogens with one attached hydrogen (secondary N) is 1. The number of rotatable bonds is 5. The highest BCUT2D eigenvalue weighted by Crippen LogP contribution is 2.48. The molecule has 1 heterocycles. The summed E-state index contributed by atoms with van der Waals surface area (Å²) in [5.74, 6) is 0.0153. The van der Waals surface area contributed by atoms with Crippen molar-refractivity contribution in [2.45, 2.75) is 24.9 Å². The predicted octanol–water partition coefficient (Wildman–Crippen LogP) is 2.43. The van der Waals surface area contributed by atoms with E-state index >= 15 is 0 Å². The molecule has 0 aliphatic heterocycles. The summed E-state index contributed by atoms with van der Waals surface area (Å²) < 4.78 is 18.0. The molecule has 0 bridgehead atoms. The minimum atomic E-state index is -0.569. The van der Waals surface area contributed by atoms with Crippen molar-refractivity contribution in [3.63, 3.8) is 0 Å². The Morgan fingerprint density at radius 2 is 2.05 bits per heavy atom. The molecule has 1 N–H and O–H groups in total. The zero-order valence-electron chi connectivity index (χ0n) is 12.2. The molecular formula is C16H16FN3O2. The van der Waals surface area contributed by atoms with Gasteiger partial charge in [0.2, 0.25) is 5.91 Å². The zero-order valence-corrected chi connectivity index (χ0v) is 12.2. The smallest absolute Gasteiger partial charge is 0.236 e. The van der Waals surface area contributed by atoms with Gasteiger partial charge >= 0.3 is 0 Å². The highest BCUT2D eigenvalue weighted by Gasteiger charge is 2.51. The van der Waals surface area contributed by atoms with Crippen molar-refractivity contribution >= 4 is 11.7 Å². The van der Waals surface area contributed by atoms with Gasteiger partial charge in [-0.3, -0.25) is 4.79 Å². The van der Waals surface area contributed by atoms with Gasteiger partial charge in [0.25, 0.3) is 0 Å². The second kappa shape index (κ2) is 5.81. The highest BCUT2D eigenvalue weighted by molar-refractivity contribution is 6.00. The molecule has 3 rings (SSSR count). The van der Waals surface area contributed by atoms with E-state index in [9.17, 15) is 9.18 Å². The first kappa shape index (κ1) is 14.6. The van der Waals surface area contributed by atoms with Gasteiger partial charge in [-0.25, -0.2) is 14.4 Å². The van der Waals surface area contributed by atoms with Crippen LogP contribution in [0.15, 0.2) is 36.7 Å². The van der Waals surface area contributed by atoms with E-state index in [1.165, 1.54) is 18.5 Å². The third-order valence-corrected chi connectivity index (χ3v) is 3.84. The molecule has 5 nitrogen and oxygen atoms in total. The maximum absolute atomic E-state index is 13.0. The highest BCUT2D eigenvalue weighted by atomic mass is 19.1. The number of amides is 1. The van der Waals surface area contributed by atoms with Crippen molar-refractivity contribution in [1.29, 1.82) is 0 Å². The van der Waals surface area contributed by atoms with Gasteiger partial charge in [-0.15, -0.1) is 0 Å². The molecule has 1 aromatic heterocycles. The van der Waals surface area contributed by atoms with E-state index in [1.807, 2.05) is 0 Å².